The molecule has 0 radical (unpaired) electrons. The molecular formula is C17H17F2N3O3. The van der Waals surface area contributed by atoms with Crippen molar-refractivity contribution in [3.05, 3.63) is 59.7 Å². The molecule has 0 saturated carbocycles. The van der Waals surface area contributed by atoms with Gasteiger partial charge in [0.15, 0.2) is 0 Å². The highest BCUT2D eigenvalue weighted by Crippen LogP contribution is 2.14. The zero-order valence-corrected chi connectivity index (χ0v) is 13.4. The highest BCUT2D eigenvalue weighted by Gasteiger charge is 2.08. The van der Waals surface area contributed by atoms with Crippen LogP contribution in [0.15, 0.2) is 42.5 Å². The van der Waals surface area contributed by atoms with E-state index < -0.39 is 17.7 Å². The summed E-state index contributed by atoms with van der Waals surface area (Å²) in [4.78, 5) is 23.5. The molecule has 3 amide bonds. The summed E-state index contributed by atoms with van der Waals surface area (Å²) in [5, 5.41) is 7.24. The minimum Gasteiger partial charge on any atom is -0.497 e. The number of hydrogen-bond acceptors (Lipinski definition) is 3. The Hall–Kier alpha value is -3.16. The molecule has 0 unspecified atom stereocenters. The Kier molecular flexibility index (Phi) is 6.27. The number of halogens is 2. The second kappa shape index (κ2) is 8.62. The number of rotatable bonds is 6. The van der Waals surface area contributed by atoms with Crippen LogP contribution in [0.1, 0.15) is 10.4 Å². The second-order valence-electron chi connectivity index (χ2n) is 4.99. The van der Waals surface area contributed by atoms with Crippen molar-refractivity contribution in [1.82, 2.24) is 10.6 Å². The molecule has 0 bridgehead atoms. The molecule has 2 rings (SSSR count). The average molecular weight is 349 g/mol. The molecule has 6 nitrogen and oxygen atoms in total. The molecule has 3 N–H and O–H groups in total. The fraction of sp³-hybridized carbons (Fsp3) is 0.176. The van der Waals surface area contributed by atoms with Gasteiger partial charge >= 0.3 is 6.03 Å². The van der Waals surface area contributed by atoms with Gasteiger partial charge in [-0.25, -0.2) is 13.6 Å². The van der Waals surface area contributed by atoms with E-state index in [1.807, 2.05) is 0 Å². The van der Waals surface area contributed by atoms with Crippen molar-refractivity contribution in [1.29, 1.82) is 0 Å². The number of ether oxygens (including phenoxy) is 1. The lowest BCUT2D eigenvalue weighted by atomic mass is 10.2. The largest absolute Gasteiger partial charge is 0.497 e. The maximum atomic E-state index is 13.4. The molecule has 132 valence electrons. The van der Waals surface area contributed by atoms with E-state index in [2.05, 4.69) is 16.0 Å². The van der Waals surface area contributed by atoms with Crippen LogP contribution in [0, 0.1) is 11.6 Å². The molecule has 2 aromatic rings. The smallest absolute Gasteiger partial charge is 0.319 e. The molecule has 0 aliphatic rings. The summed E-state index contributed by atoms with van der Waals surface area (Å²) in [6.45, 7) is 0.286. The van der Waals surface area contributed by atoms with E-state index in [1.165, 1.54) is 7.11 Å². The quantitative estimate of drug-likeness (QED) is 0.701. The third-order valence-electron chi connectivity index (χ3n) is 3.22. The first-order valence-electron chi connectivity index (χ1n) is 7.42. The first-order chi connectivity index (χ1) is 12.0. The lowest BCUT2D eigenvalue weighted by Gasteiger charge is -2.09. The summed E-state index contributed by atoms with van der Waals surface area (Å²) in [5.41, 5.74) is 0.187. The molecule has 0 fully saturated rings. The Bertz CT molecular complexity index is 751. The Balaban J connectivity index is 1.73. The Morgan fingerprint density at radius 1 is 1.00 bits per heavy atom. The van der Waals surface area contributed by atoms with Crippen LogP contribution in [-0.4, -0.2) is 32.1 Å². The third-order valence-corrected chi connectivity index (χ3v) is 3.22. The van der Waals surface area contributed by atoms with Crippen LogP contribution in [-0.2, 0) is 0 Å². The van der Waals surface area contributed by atoms with Crippen molar-refractivity contribution in [3.63, 3.8) is 0 Å². The van der Waals surface area contributed by atoms with Crippen molar-refractivity contribution in [2.45, 2.75) is 0 Å². The summed E-state index contributed by atoms with van der Waals surface area (Å²) in [6.07, 6.45) is 0. The SMILES string of the molecule is COc1ccc(C(=O)NCCNC(=O)Nc2cc(F)ccc2F)cc1. The summed E-state index contributed by atoms with van der Waals surface area (Å²) in [5.74, 6) is -1.08. The van der Waals surface area contributed by atoms with Gasteiger partial charge in [0.25, 0.3) is 5.91 Å². The van der Waals surface area contributed by atoms with Gasteiger partial charge < -0.3 is 20.7 Å². The van der Waals surface area contributed by atoms with E-state index >= 15 is 0 Å². The van der Waals surface area contributed by atoms with Crippen molar-refractivity contribution in [2.75, 3.05) is 25.5 Å². The molecule has 0 aromatic heterocycles. The zero-order chi connectivity index (χ0) is 18.2. The molecule has 0 aliphatic heterocycles. The Morgan fingerprint density at radius 2 is 1.68 bits per heavy atom. The van der Waals surface area contributed by atoms with Gasteiger partial charge in [-0.05, 0) is 36.4 Å². The second-order valence-corrected chi connectivity index (χ2v) is 4.99. The summed E-state index contributed by atoms with van der Waals surface area (Å²) < 4.78 is 31.4. The highest BCUT2D eigenvalue weighted by molar-refractivity contribution is 5.94. The first-order valence-corrected chi connectivity index (χ1v) is 7.42. The molecular weight excluding hydrogens is 332 g/mol. The summed E-state index contributed by atoms with van der Waals surface area (Å²) in [7, 11) is 1.53. The molecule has 8 heteroatoms. The topological polar surface area (TPSA) is 79.5 Å². The molecule has 0 heterocycles. The first kappa shape index (κ1) is 18.2. The van der Waals surface area contributed by atoms with E-state index in [4.69, 9.17) is 4.74 Å². The molecule has 0 spiro atoms. The molecule has 0 aliphatic carbocycles. The van der Waals surface area contributed by atoms with Crippen LogP contribution in [0.2, 0.25) is 0 Å². The number of benzene rings is 2. The molecule has 25 heavy (non-hydrogen) atoms. The van der Waals surface area contributed by atoms with Crippen molar-refractivity contribution in [3.8, 4) is 5.75 Å². The van der Waals surface area contributed by atoms with Gasteiger partial charge in [-0.3, -0.25) is 4.79 Å². The monoisotopic (exact) mass is 349 g/mol. The molecule has 0 saturated heterocycles. The van der Waals surface area contributed by atoms with E-state index in [-0.39, 0.29) is 24.7 Å². The van der Waals surface area contributed by atoms with Gasteiger partial charge in [-0.15, -0.1) is 0 Å². The number of nitrogens with one attached hydrogen (secondary N) is 3. The van der Waals surface area contributed by atoms with Gasteiger partial charge in [0.1, 0.15) is 17.4 Å². The third kappa shape index (κ3) is 5.45. The summed E-state index contributed by atoms with van der Waals surface area (Å²) in [6, 6.07) is 8.58. The number of amides is 3. The minimum absolute atomic E-state index is 0.116. The van der Waals surface area contributed by atoms with Gasteiger partial charge in [-0.1, -0.05) is 0 Å². The van der Waals surface area contributed by atoms with Crippen molar-refractivity contribution in [2.24, 2.45) is 0 Å². The fourth-order valence-corrected chi connectivity index (χ4v) is 1.96. The minimum atomic E-state index is -0.746. The van der Waals surface area contributed by atoms with Crippen molar-refractivity contribution >= 4 is 17.6 Å². The lowest BCUT2D eigenvalue weighted by molar-refractivity contribution is 0.0954. The normalized spacial score (nSPS) is 10.0. The van der Waals surface area contributed by atoms with Crippen LogP contribution in [0.5, 0.6) is 5.75 Å². The number of hydrogen-bond donors (Lipinski definition) is 3. The highest BCUT2D eigenvalue weighted by atomic mass is 19.1. The number of methoxy groups -OCH3 is 1. The van der Waals surface area contributed by atoms with E-state index in [0.717, 1.165) is 18.2 Å². The van der Waals surface area contributed by atoms with Gasteiger partial charge in [-0.2, -0.15) is 0 Å². The van der Waals surface area contributed by atoms with Gasteiger partial charge in [0.05, 0.1) is 12.8 Å². The predicted octanol–water partition coefficient (Wildman–Crippen LogP) is 2.52. The average Bonchev–Trinajstić information content (AvgIpc) is 2.61. The number of carbonyl (C=O) groups excluding carboxylic acids is 2. The van der Waals surface area contributed by atoms with Gasteiger partial charge in [0.2, 0.25) is 0 Å². The van der Waals surface area contributed by atoms with Crippen LogP contribution in [0.25, 0.3) is 0 Å². The van der Waals surface area contributed by atoms with Crippen molar-refractivity contribution < 1.29 is 23.1 Å². The standard InChI is InChI=1S/C17H17F2N3O3/c1-25-13-5-2-11(3-6-13)16(23)20-8-9-21-17(24)22-15-10-12(18)4-7-14(15)19/h2-7,10H,8-9H2,1H3,(H,20,23)(H2,21,22,24). The fourth-order valence-electron chi connectivity index (χ4n) is 1.96. The summed E-state index contributed by atoms with van der Waals surface area (Å²) >= 11 is 0. The predicted molar refractivity (Wildman–Crippen MR) is 88.7 cm³/mol. The van der Waals surface area contributed by atoms with Crippen LogP contribution in [0.3, 0.4) is 0 Å². The Morgan fingerprint density at radius 3 is 2.36 bits per heavy atom. The molecule has 2 aromatic carbocycles. The van der Waals surface area contributed by atoms with Crippen LogP contribution in [0.4, 0.5) is 19.3 Å². The van der Waals surface area contributed by atoms with Gasteiger partial charge in [0, 0.05) is 24.7 Å². The maximum Gasteiger partial charge on any atom is 0.319 e. The number of urea groups is 1. The zero-order valence-electron chi connectivity index (χ0n) is 13.4. The molecule has 0 atom stereocenters. The van der Waals surface area contributed by atoms with E-state index in [0.29, 0.717) is 11.3 Å². The number of anilines is 1. The Labute approximate surface area is 143 Å². The maximum absolute atomic E-state index is 13.4. The van der Waals surface area contributed by atoms with Crippen LogP contribution >= 0.6 is 0 Å². The van der Waals surface area contributed by atoms with E-state index in [1.54, 1.807) is 24.3 Å². The number of carbonyl (C=O) groups is 2. The van der Waals surface area contributed by atoms with Crippen LogP contribution < -0.4 is 20.7 Å². The lowest BCUT2D eigenvalue weighted by Crippen LogP contribution is -2.36. The van der Waals surface area contributed by atoms with E-state index in [9.17, 15) is 18.4 Å².